The third-order valence-electron chi connectivity index (χ3n) is 6.85. The molecule has 2 aliphatic heterocycles. The third-order valence-corrected chi connectivity index (χ3v) is 7.85. The van der Waals surface area contributed by atoms with Gasteiger partial charge in [-0.1, -0.05) is 36.4 Å². The van der Waals surface area contributed by atoms with Crippen LogP contribution in [0.25, 0.3) is 10.1 Å². The van der Waals surface area contributed by atoms with Gasteiger partial charge in [0.1, 0.15) is 6.10 Å². The molecule has 2 aliphatic rings. The summed E-state index contributed by atoms with van der Waals surface area (Å²) in [5.41, 5.74) is 2.31. The van der Waals surface area contributed by atoms with Crippen molar-refractivity contribution >= 4 is 44.1 Å². The van der Waals surface area contributed by atoms with E-state index in [-0.39, 0.29) is 18.6 Å². The molecule has 2 aromatic carbocycles. The molecule has 2 unspecified atom stereocenters. The van der Waals surface area contributed by atoms with Crippen LogP contribution >= 0.6 is 11.3 Å². The van der Waals surface area contributed by atoms with Crippen LogP contribution in [0.1, 0.15) is 57.7 Å². The maximum atomic E-state index is 13.7. The zero-order chi connectivity index (χ0) is 26.4. The molecule has 4 heterocycles. The lowest BCUT2D eigenvalue weighted by Gasteiger charge is -2.23. The number of nitrogens with one attached hydrogen (secondary N) is 1. The number of rotatable bonds is 6. The van der Waals surface area contributed by atoms with Crippen molar-refractivity contribution in [1.29, 1.82) is 0 Å². The molecule has 3 amide bonds. The van der Waals surface area contributed by atoms with Crippen molar-refractivity contribution in [1.82, 2.24) is 9.88 Å². The van der Waals surface area contributed by atoms with Crippen LogP contribution in [-0.2, 0) is 14.3 Å². The number of carbonyl (C=O) groups excluding carboxylic acids is 3. The summed E-state index contributed by atoms with van der Waals surface area (Å²) in [6.07, 6.45) is 3.24. The molecule has 1 saturated heterocycles. The molecule has 4 aromatic rings. The normalized spacial score (nSPS) is 19.1. The maximum Gasteiger partial charge on any atom is 0.261 e. The lowest BCUT2D eigenvalue weighted by molar-refractivity contribution is -0.139. The van der Waals surface area contributed by atoms with Gasteiger partial charge in [-0.25, -0.2) is 0 Å². The molecule has 8 nitrogen and oxygen atoms in total. The van der Waals surface area contributed by atoms with Gasteiger partial charge >= 0.3 is 0 Å². The lowest BCUT2D eigenvalue weighted by Crippen LogP contribution is -2.38. The Morgan fingerprint density at radius 3 is 2.45 bits per heavy atom. The largest absolute Gasteiger partial charge is 0.347 e. The predicted octanol–water partition coefficient (Wildman–Crippen LogP) is 5.14. The second-order valence-corrected chi connectivity index (χ2v) is 10.9. The molecule has 2 atom stereocenters. The quantitative estimate of drug-likeness (QED) is 0.349. The van der Waals surface area contributed by atoms with Crippen LogP contribution in [0.3, 0.4) is 0 Å². The highest BCUT2D eigenvalue weighted by Crippen LogP contribution is 2.35. The second-order valence-electron chi connectivity index (χ2n) is 9.82. The number of benzene rings is 2. The molecule has 1 fully saturated rings. The van der Waals surface area contributed by atoms with Crippen molar-refractivity contribution in [3.05, 3.63) is 95.3 Å². The molecule has 1 N–H and O–H groups in total. The Balaban J connectivity index is 1.29. The average Bonchev–Trinajstić information content (AvgIpc) is 3.56. The van der Waals surface area contributed by atoms with Crippen molar-refractivity contribution in [3.8, 4) is 0 Å². The molecule has 2 aromatic heterocycles. The molecule has 6 rings (SSSR count). The first kappa shape index (κ1) is 24.4. The Bertz CT molecular complexity index is 1490. The number of carbonyl (C=O) groups is 3. The Morgan fingerprint density at radius 2 is 1.82 bits per heavy atom. The van der Waals surface area contributed by atoms with Crippen molar-refractivity contribution in [3.63, 3.8) is 0 Å². The average molecular weight is 528 g/mol. The molecule has 0 aliphatic carbocycles. The van der Waals surface area contributed by atoms with E-state index in [1.54, 1.807) is 36.7 Å². The van der Waals surface area contributed by atoms with Crippen LogP contribution in [0.5, 0.6) is 0 Å². The van der Waals surface area contributed by atoms with Gasteiger partial charge in [0.25, 0.3) is 11.8 Å². The number of imide groups is 1. The molecule has 0 radical (unpaired) electrons. The zero-order valence-electron chi connectivity index (χ0n) is 20.8. The standard InChI is InChI=1S/C29H25N3O5S/c1-29(2)36-16-23(37-29)18-9-7-17(8-10-18)22(15-32-27(34)20-5-3-4-6-21(20)28(32)35)26(33)31-25-13-19-11-12-30-14-24(19)38-25/h3-14,22-23H,15-16H2,1-2H3,(H,31,33). The molecule has 0 spiro atoms. The van der Waals surface area contributed by atoms with Gasteiger partial charge in [-0.05, 0) is 54.6 Å². The molecule has 9 heteroatoms. The number of fused-ring (bicyclic) bond motifs is 2. The molecule has 38 heavy (non-hydrogen) atoms. The highest BCUT2D eigenvalue weighted by molar-refractivity contribution is 7.22. The number of ether oxygens (including phenoxy) is 2. The van der Waals surface area contributed by atoms with Crippen LogP contribution < -0.4 is 5.32 Å². The van der Waals surface area contributed by atoms with Gasteiger partial charge in [0.15, 0.2) is 5.79 Å². The summed E-state index contributed by atoms with van der Waals surface area (Å²) < 4.78 is 12.6. The van der Waals surface area contributed by atoms with Gasteiger partial charge in [0.05, 0.1) is 33.4 Å². The van der Waals surface area contributed by atoms with Gasteiger partial charge in [-0.2, -0.15) is 0 Å². The summed E-state index contributed by atoms with van der Waals surface area (Å²) in [4.78, 5) is 45.2. The fraction of sp³-hybridized carbons (Fsp3) is 0.241. The summed E-state index contributed by atoms with van der Waals surface area (Å²) >= 11 is 1.42. The topological polar surface area (TPSA) is 97.8 Å². The molecule has 0 saturated carbocycles. The van der Waals surface area contributed by atoms with Crippen molar-refractivity contribution in [2.24, 2.45) is 0 Å². The highest BCUT2D eigenvalue weighted by atomic mass is 32.1. The minimum absolute atomic E-state index is 0.0833. The Kier molecular flexibility index (Phi) is 6.06. The van der Waals surface area contributed by atoms with Crippen LogP contribution in [0.4, 0.5) is 5.00 Å². The van der Waals surface area contributed by atoms with Crippen molar-refractivity contribution in [2.45, 2.75) is 31.7 Å². The number of thiophene rings is 1. The Labute approximate surface area is 223 Å². The predicted molar refractivity (Wildman–Crippen MR) is 143 cm³/mol. The van der Waals surface area contributed by atoms with E-state index in [9.17, 15) is 14.4 Å². The fourth-order valence-electron chi connectivity index (χ4n) is 4.88. The minimum Gasteiger partial charge on any atom is -0.347 e. The van der Waals surface area contributed by atoms with E-state index in [0.717, 1.165) is 20.5 Å². The third kappa shape index (κ3) is 4.49. The fourth-order valence-corrected chi connectivity index (χ4v) is 5.81. The summed E-state index contributed by atoms with van der Waals surface area (Å²) in [6, 6.07) is 18.0. The number of aromatic nitrogens is 1. The number of nitrogens with zero attached hydrogens (tertiary/aromatic N) is 2. The highest BCUT2D eigenvalue weighted by Gasteiger charge is 2.39. The van der Waals surface area contributed by atoms with Gasteiger partial charge in [0, 0.05) is 18.9 Å². The minimum atomic E-state index is -0.785. The summed E-state index contributed by atoms with van der Waals surface area (Å²) in [6.45, 7) is 4.09. The van der Waals surface area contributed by atoms with Crippen LogP contribution in [-0.4, -0.2) is 46.5 Å². The van der Waals surface area contributed by atoms with E-state index in [1.165, 1.54) is 11.3 Å². The number of amides is 3. The van der Waals surface area contributed by atoms with E-state index in [1.807, 2.05) is 50.2 Å². The van der Waals surface area contributed by atoms with Gasteiger partial charge in [-0.15, -0.1) is 11.3 Å². The van der Waals surface area contributed by atoms with E-state index in [4.69, 9.17) is 9.47 Å². The number of pyridine rings is 1. The van der Waals surface area contributed by atoms with E-state index >= 15 is 0 Å². The number of anilines is 1. The van der Waals surface area contributed by atoms with Crippen molar-refractivity contribution in [2.75, 3.05) is 18.5 Å². The number of hydrogen-bond acceptors (Lipinski definition) is 7. The van der Waals surface area contributed by atoms with Crippen LogP contribution in [0.2, 0.25) is 0 Å². The second kappa shape index (κ2) is 9.43. The zero-order valence-corrected chi connectivity index (χ0v) is 21.7. The molecule has 192 valence electrons. The molecular weight excluding hydrogens is 502 g/mol. The summed E-state index contributed by atoms with van der Waals surface area (Å²) in [5.74, 6) is -2.54. The number of hydrogen-bond donors (Lipinski definition) is 1. The van der Waals surface area contributed by atoms with Crippen LogP contribution in [0, 0.1) is 0 Å². The SMILES string of the molecule is CC1(C)OCC(c2ccc(C(CN3C(=O)c4ccccc4C3=O)C(=O)Nc3cc4ccncc4s3)cc2)O1. The summed E-state index contributed by atoms with van der Waals surface area (Å²) in [5, 5.41) is 4.64. The smallest absolute Gasteiger partial charge is 0.261 e. The van der Waals surface area contributed by atoms with E-state index in [0.29, 0.717) is 28.3 Å². The first-order valence-corrected chi connectivity index (χ1v) is 13.1. The monoisotopic (exact) mass is 527 g/mol. The van der Waals surface area contributed by atoms with Crippen molar-refractivity contribution < 1.29 is 23.9 Å². The summed E-state index contributed by atoms with van der Waals surface area (Å²) in [7, 11) is 0. The first-order chi connectivity index (χ1) is 18.3. The first-order valence-electron chi connectivity index (χ1n) is 12.3. The van der Waals surface area contributed by atoms with Gasteiger partial charge in [-0.3, -0.25) is 24.3 Å². The maximum absolute atomic E-state index is 13.7. The molecule has 0 bridgehead atoms. The van der Waals surface area contributed by atoms with E-state index in [2.05, 4.69) is 10.3 Å². The Morgan fingerprint density at radius 1 is 1.11 bits per heavy atom. The van der Waals surface area contributed by atoms with Gasteiger partial charge < -0.3 is 14.8 Å². The van der Waals surface area contributed by atoms with Gasteiger partial charge in [0.2, 0.25) is 5.91 Å². The van der Waals surface area contributed by atoms with E-state index < -0.39 is 23.5 Å². The Hall–Kier alpha value is -3.92. The van der Waals surface area contributed by atoms with Crippen LogP contribution in [0.15, 0.2) is 73.1 Å². The lowest BCUT2D eigenvalue weighted by atomic mass is 9.95. The molecular formula is C29H25N3O5S.